The highest BCUT2D eigenvalue weighted by molar-refractivity contribution is 6.29. The number of rotatable bonds is 0. The minimum absolute atomic E-state index is 0.726. The van der Waals surface area contributed by atoms with Crippen molar-refractivity contribution in [1.82, 2.24) is 4.90 Å². The zero-order chi connectivity index (χ0) is 8.23. The molecule has 0 aromatic carbocycles. The standard InChI is InChI=1S/C8H11N3O/c1-2-10-8(7-9-1)11-3-5-12-6-4-11/h3,5,7H,1-2,4,6H2. The number of amidine groups is 1. The second-order valence-corrected chi connectivity index (χ2v) is 2.62. The van der Waals surface area contributed by atoms with E-state index in [2.05, 4.69) is 9.98 Å². The highest BCUT2D eigenvalue weighted by Crippen LogP contribution is 2.01. The third-order valence-electron chi connectivity index (χ3n) is 1.79. The van der Waals surface area contributed by atoms with Gasteiger partial charge in [-0.3, -0.25) is 9.98 Å². The summed E-state index contributed by atoms with van der Waals surface area (Å²) in [5, 5.41) is 0. The SMILES string of the molecule is C1=CN(C2=NCCN=C2)CCO1. The van der Waals surface area contributed by atoms with E-state index in [1.54, 1.807) is 6.26 Å². The molecule has 0 N–H and O–H groups in total. The fraction of sp³-hybridized carbons (Fsp3) is 0.500. The van der Waals surface area contributed by atoms with Crippen LogP contribution in [-0.2, 0) is 4.74 Å². The maximum absolute atomic E-state index is 5.07. The lowest BCUT2D eigenvalue weighted by atomic mass is 10.4. The van der Waals surface area contributed by atoms with Crippen LogP contribution in [0.5, 0.6) is 0 Å². The summed E-state index contributed by atoms with van der Waals surface area (Å²) < 4.78 is 5.07. The van der Waals surface area contributed by atoms with E-state index in [-0.39, 0.29) is 0 Å². The van der Waals surface area contributed by atoms with E-state index >= 15 is 0 Å². The van der Waals surface area contributed by atoms with E-state index in [0.29, 0.717) is 0 Å². The third kappa shape index (κ3) is 1.47. The third-order valence-corrected chi connectivity index (χ3v) is 1.79. The van der Waals surface area contributed by atoms with Gasteiger partial charge >= 0.3 is 0 Å². The van der Waals surface area contributed by atoms with Gasteiger partial charge in [-0.1, -0.05) is 0 Å². The minimum atomic E-state index is 0.726. The molecule has 0 spiro atoms. The maximum atomic E-state index is 5.07. The zero-order valence-corrected chi connectivity index (χ0v) is 6.81. The Labute approximate surface area is 71.3 Å². The first-order valence-corrected chi connectivity index (χ1v) is 4.06. The van der Waals surface area contributed by atoms with Crippen LogP contribution in [0.25, 0.3) is 0 Å². The minimum Gasteiger partial charge on any atom is -0.498 e. The normalized spacial score (nSPS) is 22.0. The summed E-state index contributed by atoms with van der Waals surface area (Å²) in [6, 6.07) is 0. The molecule has 0 saturated carbocycles. The van der Waals surface area contributed by atoms with Gasteiger partial charge in [-0.15, -0.1) is 0 Å². The number of ether oxygens (including phenoxy) is 1. The van der Waals surface area contributed by atoms with Crippen LogP contribution in [-0.4, -0.2) is 43.2 Å². The van der Waals surface area contributed by atoms with Gasteiger partial charge in [0.2, 0.25) is 0 Å². The van der Waals surface area contributed by atoms with Crippen LogP contribution in [0.3, 0.4) is 0 Å². The molecule has 0 bridgehead atoms. The highest BCUT2D eigenvalue weighted by Gasteiger charge is 2.10. The molecule has 2 aliphatic heterocycles. The van der Waals surface area contributed by atoms with Crippen LogP contribution in [0, 0.1) is 0 Å². The van der Waals surface area contributed by atoms with Crippen LogP contribution in [0.1, 0.15) is 0 Å². The summed E-state index contributed by atoms with van der Waals surface area (Å²) in [7, 11) is 0. The summed E-state index contributed by atoms with van der Waals surface area (Å²) in [5.74, 6) is 0.945. The molecule has 0 saturated heterocycles. The van der Waals surface area contributed by atoms with Crippen LogP contribution >= 0.6 is 0 Å². The van der Waals surface area contributed by atoms with Crippen molar-refractivity contribution in [2.24, 2.45) is 9.98 Å². The quantitative estimate of drug-likeness (QED) is 0.516. The summed E-state index contributed by atoms with van der Waals surface area (Å²) in [5.41, 5.74) is 0. The molecule has 0 fully saturated rings. The van der Waals surface area contributed by atoms with Gasteiger partial charge in [0.25, 0.3) is 0 Å². The van der Waals surface area contributed by atoms with Crippen LogP contribution in [0.2, 0.25) is 0 Å². The average Bonchev–Trinajstić information content (AvgIpc) is 2.21. The van der Waals surface area contributed by atoms with E-state index in [0.717, 1.165) is 32.1 Å². The monoisotopic (exact) mass is 165 g/mol. The molecule has 2 heterocycles. The molecule has 0 aromatic rings. The number of nitrogens with zero attached hydrogens (tertiary/aromatic N) is 3. The lowest BCUT2D eigenvalue weighted by Crippen LogP contribution is -2.33. The van der Waals surface area contributed by atoms with Gasteiger partial charge in [0.15, 0.2) is 0 Å². The van der Waals surface area contributed by atoms with Crippen LogP contribution in [0.4, 0.5) is 0 Å². The lowest BCUT2D eigenvalue weighted by Gasteiger charge is -2.23. The first-order valence-electron chi connectivity index (χ1n) is 4.06. The largest absolute Gasteiger partial charge is 0.498 e. The van der Waals surface area contributed by atoms with E-state index in [9.17, 15) is 0 Å². The Hall–Kier alpha value is -1.32. The number of hydrogen-bond donors (Lipinski definition) is 0. The molecular weight excluding hydrogens is 154 g/mol. The fourth-order valence-corrected chi connectivity index (χ4v) is 1.18. The summed E-state index contributed by atoms with van der Waals surface area (Å²) >= 11 is 0. The average molecular weight is 165 g/mol. The summed E-state index contributed by atoms with van der Waals surface area (Å²) in [4.78, 5) is 10.5. The first kappa shape index (κ1) is 7.34. The van der Waals surface area contributed by atoms with E-state index in [4.69, 9.17) is 4.74 Å². The molecule has 2 aliphatic rings. The van der Waals surface area contributed by atoms with Gasteiger partial charge in [0.1, 0.15) is 12.4 Å². The Bertz CT molecular complexity index is 245. The number of hydrogen-bond acceptors (Lipinski definition) is 4. The molecule has 4 heteroatoms. The van der Waals surface area contributed by atoms with Crippen molar-refractivity contribution in [2.75, 3.05) is 26.2 Å². The predicted octanol–water partition coefficient (Wildman–Crippen LogP) is 0.273. The zero-order valence-electron chi connectivity index (χ0n) is 6.81. The molecule has 0 amide bonds. The fourth-order valence-electron chi connectivity index (χ4n) is 1.18. The maximum Gasteiger partial charge on any atom is 0.146 e. The molecule has 12 heavy (non-hydrogen) atoms. The van der Waals surface area contributed by atoms with E-state index in [1.165, 1.54) is 0 Å². The Kier molecular flexibility index (Phi) is 2.07. The van der Waals surface area contributed by atoms with Gasteiger partial charge < -0.3 is 9.64 Å². The molecule has 0 aromatic heterocycles. The molecule has 0 atom stereocenters. The Morgan fingerprint density at radius 2 is 2.42 bits per heavy atom. The van der Waals surface area contributed by atoms with Gasteiger partial charge in [-0.2, -0.15) is 0 Å². The topological polar surface area (TPSA) is 37.2 Å². The Morgan fingerprint density at radius 3 is 3.08 bits per heavy atom. The van der Waals surface area contributed by atoms with Gasteiger partial charge in [-0.25, -0.2) is 0 Å². The highest BCUT2D eigenvalue weighted by atomic mass is 16.5. The molecule has 0 radical (unpaired) electrons. The van der Waals surface area contributed by atoms with Gasteiger partial charge in [0.05, 0.1) is 32.1 Å². The number of aliphatic imine (C=N–C) groups is 2. The molecule has 0 unspecified atom stereocenters. The van der Waals surface area contributed by atoms with E-state index < -0.39 is 0 Å². The van der Waals surface area contributed by atoms with Crippen molar-refractivity contribution in [1.29, 1.82) is 0 Å². The predicted molar refractivity (Wildman–Crippen MR) is 47.5 cm³/mol. The van der Waals surface area contributed by atoms with Crippen LogP contribution in [0.15, 0.2) is 22.4 Å². The molecule has 0 aliphatic carbocycles. The lowest BCUT2D eigenvalue weighted by molar-refractivity contribution is 0.205. The first-order chi connectivity index (χ1) is 5.97. The van der Waals surface area contributed by atoms with Crippen molar-refractivity contribution in [3.8, 4) is 0 Å². The van der Waals surface area contributed by atoms with Crippen molar-refractivity contribution in [3.05, 3.63) is 12.5 Å². The smallest absolute Gasteiger partial charge is 0.146 e. The van der Waals surface area contributed by atoms with Crippen molar-refractivity contribution in [3.63, 3.8) is 0 Å². The second-order valence-electron chi connectivity index (χ2n) is 2.62. The van der Waals surface area contributed by atoms with Gasteiger partial charge in [-0.05, 0) is 0 Å². The Balaban J connectivity index is 2.07. The Morgan fingerprint density at radius 1 is 1.42 bits per heavy atom. The van der Waals surface area contributed by atoms with Crippen LogP contribution < -0.4 is 0 Å². The molecular formula is C8H11N3O. The summed E-state index contributed by atoms with van der Waals surface area (Å²) in [6.45, 7) is 3.21. The molecule has 64 valence electrons. The van der Waals surface area contributed by atoms with Crippen molar-refractivity contribution in [2.45, 2.75) is 0 Å². The van der Waals surface area contributed by atoms with Gasteiger partial charge in [0, 0.05) is 6.20 Å². The molecule has 2 rings (SSSR count). The van der Waals surface area contributed by atoms with E-state index in [1.807, 2.05) is 17.3 Å². The van der Waals surface area contributed by atoms with Crippen molar-refractivity contribution < 1.29 is 4.74 Å². The second kappa shape index (κ2) is 3.38. The van der Waals surface area contributed by atoms with Crippen molar-refractivity contribution >= 4 is 12.1 Å². The summed E-state index contributed by atoms with van der Waals surface area (Å²) in [6.07, 6.45) is 5.40. The molecule has 4 nitrogen and oxygen atoms in total.